The van der Waals surface area contributed by atoms with E-state index in [1.165, 1.54) is 23.4 Å². The number of benzene rings is 2. The van der Waals surface area contributed by atoms with E-state index in [0.29, 0.717) is 5.92 Å². The average molecular weight is 364 g/mol. The second kappa shape index (κ2) is 7.87. The van der Waals surface area contributed by atoms with Gasteiger partial charge in [0.1, 0.15) is 11.6 Å². The standard InChI is InChI=1S/C23H25FN2O/c1-27-23-8-4-19(5-9-23)20-10-14-26(15-11-20)22-12-13-25(17-22)16-18-2-6-21(24)7-3-18/h2-9,12-13,17,20H,10-11,14-16H2,1H3. The fourth-order valence-electron chi connectivity index (χ4n) is 3.86. The molecule has 0 saturated carbocycles. The van der Waals surface area contributed by atoms with Gasteiger partial charge in [-0.15, -0.1) is 0 Å². The van der Waals surface area contributed by atoms with Crippen molar-refractivity contribution in [3.63, 3.8) is 0 Å². The number of ether oxygens (including phenoxy) is 1. The maximum absolute atomic E-state index is 13.0. The Kier molecular flexibility index (Phi) is 5.14. The summed E-state index contributed by atoms with van der Waals surface area (Å²) >= 11 is 0. The fourth-order valence-corrected chi connectivity index (χ4v) is 3.86. The van der Waals surface area contributed by atoms with Crippen LogP contribution >= 0.6 is 0 Å². The minimum atomic E-state index is -0.188. The number of hydrogen-bond acceptors (Lipinski definition) is 2. The second-order valence-corrected chi connectivity index (χ2v) is 7.20. The third-order valence-electron chi connectivity index (χ3n) is 5.46. The van der Waals surface area contributed by atoms with Crippen LogP contribution in [0, 0.1) is 5.82 Å². The van der Waals surface area contributed by atoms with Crippen molar-refractivity contribution in [2.45, 2.75) is 25.3 Å². The second-order valence-electron chi connectivity index (χ2n) is 7.20. The van der Waals surface area contributed by atoms with Gasteiger partial charge in [-0.2, -0.15) is 0 Å². The van der Waals surface area contributed by atoms with Gasteiger partial charge in [-0.1, -0.05) is 24.3 Å². The van der Waals surface area contributed by atoms with Crippen molar-refractivity contribution in [2.24, 2.45) is 0 Å². The largest absolute Gasteiger partial charge is 0.497 e. The van der Waals surface area contributed by atoms with Crippen LogP contribution < -0.4 is 9.64 Å². The summed E-state index contributed by atoms with van der Waals surface area (Å²) in [5.74, 6) is 1.35. The summed E-state index contributed by atoms with van der Waals surface area (Å²) in [6, 6.07) is 17.4. The van der Waals surface area contributed by atoms with E-state index in [2.05, 4.69) is 52.2 Å². The third kappa shape index (κ3) is 4.16. The van der Waals surface area contributed by atoms with E-state index in [1.807, 2.05) is 12.1 Å². The van der Waals surface area contributed by atoms with E-state index in [9.17, 15) is 4.39 Å². The van der Waals surface area contributed by atoms with Crippen LogP contribution in [0.4, 0.5) is 10.1 Å². The van der Waals surface area contributed by atoms with E-state index in [4.69, 9.17) is 4.74 Å². The Morgan fingerprint density at radius 2 is 1.67 bits per heavy atom. The van der Waals surface area contributed by atoms with Gasteiger partial charge >= 0.3 is 0 Å². The van der Waals surface area contributed by atoms with Gasteiger partial charge in [-0.25, -0.2) is 4.39 Å². The first-order valence-corrected chi connectivity index (χ1v) is 9.50. The number of anilines is 1. The molecule has 1 aliphatic rings. The normalized spacial score (nSPS) is 15.1. The molecule has 0 bridgehead atoms. The highest BCUT2D eigenvalue weighted by Gasteiger charge is 2.21. The van der Waals surface area contributed by atoms with Gasteiger partial charge in [0.15, 0.2) is 0 Å². The number of rotatable bonds is 5. The first-order chi connectivity index (χ1) is 13.2. The van der Waals surface area contributed by atoms with Gasteiger partial charge in [0.25, 0.3) is 0 Å². The molecule has 140 valence electrons. The lowest BCUT2D eigenvalue weighted by atomic mass is 9.89. The van der Waals surface area contributed by atoms with Crippen molar-refractivity contribution in [1.29, 1.82) is 0 Å². The molecule has 0 unspecified atom stereocenters. The Bertz CT molecular complexity index is 862. The van der Waals surface area contributed by atoms with E-state index >= 15 is 0 Å². The molecule has 27 heavy (non-hydrogen) atoms. The molecule has 0 radical (unpaired) electrons. The van der Waals surface area contributed by atoms with Crippen LogP contribution in [0.3, 0.4) is 0 Å². The van der Waals surface area contributed by atoms with E-state index in [0.717, 1.165) is 43.8 Å². The van der Waals surface area contributed by atoms with E-state index in [1.54, 1.807) is 7.11 Å². The van der Waals surface area contributed by atoms with Crippen LogP contribution in [0.2, 0.25) is 0 Å². The smallest absolute Gasteiger partial charge is 0.123 e. The summed E-state index contributed by atoms with van der Waals surface area (Å²) in [6.07, 6.45) is 6.62. The maximum atomic E-state index is 13.0. The highest BCUT2D eigenvalue weighted by Crippen LogP contribution is 2.31. The van der Waals surface area contributed by atoms with Gasteiger partial charge in [-0.05, 0) is 60.2 Å². The molecule has 3 nitrogen and oxygen atoms in total. The molecule has 0 aliphatic carbocycles. The first-order valence-electron chi connectivity index (χ1n) is 9.50. The molecule has 0 amide bonds. The number of aromatic nitrogens is 1. The zero-order chi connectivity index (χ0) is 18.6. The molecule has 2 heterocycles. The van der Waals surface area contributed by atoms with Crippen molar-refractivity contribution < 1.29 is 9.13 Å². The zero-order valence-corrected chi connectivity index (χ0v) is 15.6. The summed E-state index contributed by atoms with van der Waals surface area (Å²) in [5.41, 5.74) is 3.78. The summed E-state index contributed by atoms with van der Waals surface area (Å²) in [5, 5.41) is 0. The summed E-state index contributed by atoms with van der Waals surface area (Å²) < 4.78 is 20.5. The van der Waals surface area contributed by atoms with E-state index < -0.39 is 0 Å². The summed E-state index contributed by atoms with van der Waals surface area (Å²) in [4.78, 5) is 2.46. The molecule has 0 spiro atoms. The van der Waals surface area contributed by atoms with Crippen LogP contribution in [0.25, 0.3) is 0 Å². The predicted octanol–water partition coefficient (Wildman–Crippen LogP) is 5.07. The molecule has 2 aromatic carbocycles. The van der Waals surface area contributed by atoms with Gasteiger partial charge in [-0.3, -0.25) is 0 Å². The number of hydrogen-bond donors (Lipinski definition) is 0. The monoisotopic (exact) mass is 364 g/mol. The zero-order valence-electron chi connectivity index (χ0n) is 15.6. The number of nitrogens with zero attached hydrogens (tertiary/aromatic N) is 2. The van der Waals surface area contributed by atoms with E-state index in [-0.39, 0.29) is 5.82 Å². The minimum Gasteiger partial charge on any atom is -0.497 e. The van der Waals surface area contributed by atoms with Crippen LogP contribution in [-0.2, 0) is 6.54 Å². The topological polar surface area (TPSA) is 17.4 Å². The Labute approximate surface area is 160 Å². The summed E-state index contributed by atoms with van der Waals surface area (Å²) in [7, 11) is 1.70. The average Bonchev–Trinajstić information content (AvgIpc) is 3.18. The van der Waals surface area contributed by atoms with Crippen molar-refractivity contribution in [3.05, 3.63) is 83.9 Å². The quantitative estimate of drug-likeness (QED) is 0.629. The molecule has 1 aliphatic heterocycles. The van der Waals surface area contributed by atoms with Crippen molar-refractivity contribution in [2.75, 3.05) is 25.1 Å². The number of methoxy groups -OCH3 is 1. The maximum Gasteiger partial charge on any atom is 0.123 e. The molecule has 1 aromatic heterocycles. The van der Waals surface area contributed by atoms with Crippen LogP contribution in [0.5, 0.6) is 5.75 Å². The highest BCUT2D eigenvalue weighted by molar-refractivity contribution is 5.46. The van der Waals surface area contributed by atoms with Crippen LogP contribution in [0.15, 0.2) is 67.0 Å². The van der Waals surface area contributed by atoms with Gasteiger partial charge in [0.2, 0.25) is 0 Å². The molecule has 3 aromatic rings. The molecule has 1 fully saturated rings. The molecule has 4 rings (SSSR count). The molecular formula is C23H25FN2O. The SMILES string of the molecule is COc1ccc(C2CCN(c3ccn(Cc4ccc(F)cc4)c3)CC2)cc1. The Morgan fingerprint density at radius 1 is 0.963 bits per heavy atom. The minimum absolute atomic E-state index is 0.188. The van der Waals surface area contributed by atoms with Crippen LogP contribution in [0.1, 0.15) is 29.9 Å². The fraction of sp³-hybridized carbons (Fsp3) is 0.304. The van der Waals surface area contributed by atoms with Gasteiger partial charge in [0, 0.05) is 32.0 Å². The van der Waals surface area contributed by atoms with Crippen LogP contribution in [-0.4, -0.2) is 24.8 Å². The lowest BCUT2D eigenvalue weighted by Crippen LogP contribution is -2.32. The molecule has 0 atom stereocenters. The number of piperidine rings is 1. The highest BCUT2D eigenvalue weighted by atomic mass is 19.1. The van der Waals surface area contributed by atoms with Gasteiger partial charge < -0.3 is 14.2 Å². The third-order valence-corrected chi connectivity index (χ3v) is 5.46. The first kappa shape index (κ1) is 17.7. The molecule has 0 N–H and O–H groups in total. The van der Waals surface area contributed by atoms with Crippen molar-refractivity contribution in [1.82, 2.24) is 4.57 Å². The van der Waals surface area contributed by atoms with Crippen molar-refractivity contribution in [3.8, 4) is 5.75 Å². The molecule has 4 heteroatoms. The lowest BCUT2D eigenvalue weighted by Gasteiger charge is -2.33. The number of halogens is 1. The Hall–Kier alpha value is -2.75. The summed E-state index contributed by atoms with van der Waals surface area (Å²) in [6.45, 7) is 2.90. The van der Waals surface area contributed by atoms with Crippen molar-refractivity contribution >= 4 is 5.69 Å². The Balaban J connectivity index is 1.35. The Morgan fingerprint density at radius 3 is 2.33 bits per heavy atom. The van der Waals surface area contributed by atoms with Gasteiger partial charge in [0.05, 0.1) is 12.8 Å². The molecular weight excluding hydrogens is 339 g/mol. The lowest BCUT2D eigenvalue weighted by molar-refractivity contribution is 0.414. The predicted molar refractivity (Wildman–Crippen MR) is 107 cm³/mol. The molecule has 1 saturated heterocycles.